The lowest BCUT2D eigenvalue weighted by Crippen LogP contribution is -2.38. The van der Waals surface area contributed by atoms with Crippen molar-refractivity contribution in [1.82, 2.24) is 5.32 Å². The number of alkyl carbamates (subject to hydrolysis) is 1. The van der Waals surface area contributed by atoms with E-state index in [1.807, 2.05) is 6.92 Å². The first-order valence-corrected chi connectivity index (χ1v) is 4.84. The maximum Gasteiger partial charge on any atom is 0.407 e. The van der Waals surface area contributed by atoms with E-state index in [2.05, 4.69) is 10.1 Å². The Morgan fingerprint density at radius 3 is 3.07 bits per heavy atom. The van der Waals surface area contributed by atoms with Gasteiger partial charge in [-0.05, 0) is 6.42 Å². The molecule has 1 heterocycles. The first-order valence-electron chi connectivity index (χ1n) is 4.84. The summed E-state index contributed by atoms with van der Waals surface area (Å²) in [6, 6.07) is -0.524. The molecule has 1 rings (SSSR count). The van der Waals surface area contributed by atoms with E-state index in [1.165, 1.54) is 0 Å². The molecule has 0 aromatic carbocycles. The van der Waals surface area contributed by atoms with Gasteiger partial charge in [-0.1, -0.05) is 13.3 Å². The first kappa shape index (κ1) is 10.8. The summed E-state index contributed by atoms with van der Waals surface area (Å²) in [5.41, 5.74) is 0. The van der Waals surface area contributed by atoms with E-state index in [0.717, 1.165) is 12.8 Å². The molecule has 0 spiro atoms. The van der Waals surface area contributed by atoms with Crippen molar-refractivity contribution in [3.63, 3.8) is 0 Å². The summed E-state index contributed by atoms with van der Waals surface area (Å²) in [4.78, 5) is 22.0. The molecule has 14 heavy (non-hydrogen) atoms. The van der Waals surface area contributed by atoms with Gasteiger partial charge in [0.25, 0.3) is 0 Å². The Hall–Kier alpha value is -1.26. The second kappa shape index (κ2) is 5.47. The number of carbonyl (C=O) groups is 2. The van der Waals surface area contributed by atoms with Crippen LogP contribution in [-0.2, 0) is 14.3 Å². The van der Waals surface area contributed by atoms with Crippen LogP contribution >= 0.6 is 0 Å². The molecule has 0 aromatic rings. The normalized spacial score (nSPS) is 20.4. The van der Waals surface area contributed by atoms with Gasteiger partial charge in [0.1, 0.15) is 6.04 Å². The molecule has 0 unspecified atom stereocenters. The van der Waals surface area contributed by atoms with Crippen molar-refractivity contribution in [2.45, 2.75) is 32.2 Å². The van der Waals surface area contributed by atoms with Gasteiger partial charge in [-0.3, -0.25) is 0 Å². The molecule has 5 nitrogen and oxygen atoms in total. The van der Waals surface area contributed by atoms with Gasteiger partial charge in [-0.2, -0.15) is 0 Å². The van der Waals surface area contributed by atoms with Crippen LogP contribution < -0.4 is 5.32 Å². The number of ether oxygens (including phenoxy) is 2. The molecular formula is C9H15NO4. The fourth-order valence-corrected chi connectivity index (χ4v) is 1.12. The Kier molecular flexibility index (Phi) is 4.22. The van der Waals surface area contributed by atoms with Crippen molar-refractivity contribution in [3.8, 4) is 0 Å². The van der Waals surface area contributed by atoms with Crippen molar-refractivity contribution >= 4 is 12.1 Å². The van der Waals surface area contributed by atoms with Gasteiger partial charge in [-0.15, -0.1) is 0 Å². The minimum Gasteiger partial charge on any atom is -0.464 e. The predicted octanol–water partition coefficient (Wildman–Crippen LogP) is 0.828. The number of rotatable bonds is 4. The topological polar surface area (TPSA) is 64.6 Å². The maximum atomic E-state index is 11.1. The van der Waals surface area contributed by atoms with Crippen LogP contribution in [0.15, 0.2) is 0 Å². The minimum atomic E-state index is -0.540. The second-order valence-electron chi connectivity index (χ2n) is 3.14. The Labute approximate surface area is 82.8 Å². The van der Waals surface area contributed by atoms with E-state index >= 15 is 0 Å². The lowest BCUT2D eigenvalue weighted by molar-refractivity contribution is -0.139. The summed E-state index contributed by atoms with van der Waals surface area (Å²) in [5, 5.41) is 2.45. The molecule has 1 aliphatic heterocycles. The standard InChI is InChI=1S/C9H15NO4/c1-2-3-5-14-9(12)10-7-4-6-13-8(7)11/h7H,2-6H2,1H3,(H,10,12)/t7-/m1/s1. The molecule has 1 atom stereocenters. The van der Waals surface area contributed by atoms with E-state index in [0.29, 0.717) is 19.6 Å². The van der Waals surface area contributed by atoms with Gasteiger partial charge in [0.05, 0.1) is 13.2 Å². The fourth-order valence-electron chi connectivity index (χ4n) is 1.12. The van der Waals surface area contributed by atoms with Gasteiger partial charge in [0.15, 0.2) is 0 Å². The van der Waals surface area contributed by atoms with Gasteiger partial charge in [0, 0.05) is 6.42 Å². The largest absolute Gasteiger partial charge is 0.464 e. The number of esters is 1. The molecule has 0 bridgehead atoms. The Morgan fingerprint density at radius 1 is 1.71 bits per heavy atom. The molecule has 5 heteroatoms. The van der Waals surface area contributed by atoms with Crippen LogP contribution in [-0.4, -0.2) is 31.3 Å². The summed E-state index contributed by atoms with van der Waals surface area (Å²) in [7, 11) is 0. The van der Waals surface area contributed by atoms with E-state index in [4.69, 9.17) is 4.74 Å². The molecule has 0 aromatic heterocycles. The highest BCUT2D eigenvalue weighted by Gasteiger charge is 2.28. The molecule has 0 radical (unpaired) electrons. The van der Waals surface area contributed by atoms with Crippen molar-refractivity contribution < 1.29 is 19.1 Å². The molecule has 1 amide bonds. The van der Waals surface area contributed by atoms with Gasteiger partial charge < -0.3 is 14.8 Å². The molecule has 0 aliphatic carbocycles. The number of cyclic esters (lactones) is 1. The number of hydrogen-bond acceptors (Lipinski definition) is 4. The van der Waals surface area contributed by atoms with Crippen LogP contribution in [0.4, 0.5) is 4.79 Å². The van der Waals surface area contributed by atoms with Crippen molar-refractivity contribution in [1.29, 1.82) is 0 Å². The monoisotopic (exact) mass is 201 g/mol. The Bertz CT molecular complexity index is 217. The van der Waals surface area contributed by atoms with Crippen molar-refractivity contribution in [2.75, 3.05) is 13.2 Å². The molecule has 0 saturated carbocycles. The summed E-state index contributed by atoms with van der Waals surface area (Å²) < 4.78 is 9.52. The zero-order chi connectivity index (χ0) is 10.4. The number of unbranched alkanes of at least 4 members (excludes halogenated alkanes) is 1. The number of nitrogens with one attached hydrogen (secondary N) is 1. The average Bonchev–Trinajstić information content (AvgIpc) is 2.52. The molecule has 1 aliphatic rings. The second-order valence-corrected chi connectivity index (χ2v) is 3.14. The van der Waals surface area contributed by atoms with Gasteiger partial charge in [-0.25, -0.2) is 9.59 Å². The summed E-state index contributed by atoms with van der Waals surface area (Å²) >= 11 is 0. The van der Waals surface area contributed by atoms with Gasteiger partial charge >= 0.3 is 12.1 Å². The van der Waals surface area contributed by atoms with E-state index in [9.17, 15) is 9.59 Å². The predicted molar refractivity (Wildman–Crippen MR) is 48.8 cm³/mol. The summed E-state index contributed by atoms with van der Waals surface area (Å²) in [5.74, 6) is -0.377. The maximum absolute atomic E-state index is 11.1. The lowest BCUT2D eigenvalue weighted by atomic mass is 10.2. The Morgan fingerprint density at radius 2 is 2.50 bits per heavy atom. The van der Waals surface area contributed by atoms with Gasteiger partial charge in [0.2, 0.25) is 0 Å². The summed E-state index contributed by atoms with van der Waals surface area (Å²) in [6.07, 6.45) is 1.80. The quantitative estimate of drug-likeness (QED) is 0.540. The molecule has 1 N–H and O–H groups in total. The lowest BCUT2D eigenvalue weighted by Gasteiger charge is -2.08. The number of amides is 1. The molecular weight excluding hydrogens is 186 g/mol. The minimum absolute atomic E-state index is 0.374. The fraction of sp³-hybridized carbons (Fsp3) is 0.778. The van der Waals surface area contributed by atoms with Crippen LogP contribution in [0.5, 0.6) is 0 Å². The van der Waals surface area contributed by atoms with Crippen LogP contribution in [0, 0.1) is 0 Å². The van der Waals surface area contributed by atoms with Crippen molar-refractivity contribution in [2.24, 2.45) is 0 Å². The van der Waals surface area contributed by atoms with Crippen LogP contribution in [0.25, 0.3) is 0 Å². The summed E-state index contributed by atoms with van der Waals surface area (Å²) in [6.45, 7) is 2.78. The molecule has 1 fully saturated rings. The van der Waals surface area contributed by atoms with Crippen LogP contribution in [0.1, 0.15) is 26.2 Å². The third-order valence-corrected chi connectivity index (χ3v) is 1.96. The smallest absolute Gasteiger partial charge is 0.407 e. The average molecular weight is 201 g/mol. The molecule has 1 saturated heterocycles. The SMILES string of the molecule is CCCCOC(=O)N[C@@H]1CCOC1=O. The van der Waals surface area contributed by atoms with E-state index in [-0.39, 0.29) is 5.97 Å². The van der Waals surface area contributed by atoms with Crippen LogP contribution in [0.2, 0.25) is 0 Å². The highest BCUT2D eigenvalue weighted by atomic mass is 16.6. The number of carbonyl (C=O) groups excluding carboxylic acids is 2. The molecule has 80 valence electrons. The highest BCUT2D eigenvalue weighted by molar-refractivity contribution is 5.82. The third kappa shape index (κ3) is 3.24. The highest BCUT2D eigenvalue weighted by Crippen LogP contribution is 2.05. The zero-order valence-electron chi connectivity index (χ0n) is 8.25. The third-order valence-electron chi connectivity index (χ3n) is 1.96. The zero-order valence-corrected chi connectivity index (χ0v) is 8.25. The number of hydrogen-bond donors (Lipinski definition) is 1. The van der Waals surface area contributed by atoms with E-state index < -0.39 is 12.1 Å². The first-order chi connectivity index (χ1) is 6.74. The van der Waals surface area contributed by atoms with E-state index in [1.54, 1.807) is 0 Å². The Balaban J connectivity index is 2.16. The van der Waals surface area contributed by atoms with Crippen molar-refractivity contribution in [3.05, 3.63) is 0 Å². The van der Waals surface area contributed by atoms with Crippen LogP contribution in [0.3, 0.4) is 0 Å².